The van der Waals surface area contributed by atoms with E-state index in [9.17, 15) is 8.78 Å². The first kappa shape index (κ1) is 24.5. The summed E-state index contributed by atoms with van der Waals surface area (Å²) in [5, 5.41) is 3.44. The highest BCUT2D eigenvalue weighted by Crippen LogP contribution is 2.21. The Kier molecular flexibility index (Phi) is 9.77. The Morgan fingerprint density at radius 1 is 1.16 bits per heavy atom. The van der Waals surface area contributed by atoms with E-state index in [0.29, 0.717) is 17.9 Å². The smallest absolute Gasteiger partial charge is 0.265 e. The van der Waals surface area contributed by atoms with Crippen molar-refractivity contribution >= 4 is 11.3 Å². The lowest BCUT2D eigenvalue weighted by Crippen LogP contribution is -1.95. The molecule has 0 amide bonds. The molecule has 0 saturated heterocycles. The fraction of sp³-hybridized carbons (Fsp3) is 0.208. The van der Waals surface area contributed by atoms with Crippen LogP contribution in [-0.4, -0.2) is 21.6 Å². The van der Waals surface area contributed by atoms with E-state index in [1.54, 1.807) is 30.7 Å². The molecule has 2 aromatic rings. The van der Waals surface area contributed by atoms with Gasteiger partial charge in [-0.3, -0.25) is 15.0 Å². The number of pyridine rings is 1. The Labute approximate surface area is 186 Å². The maximum atomic E-state index is 12.7. The normalized spacial score (nSPS) is 12.5. The van der Waals surface area contributed by atoms with Gasteiger partial charge in [0, 0.05) is 24.2 Å². The minimum Gasteiger partial charge on any atom is -0.489 e. The quantitative estimate of drug-likeness (QED) is 0.183. The first-order valence-electron chi connectivity index (χ1n) is 9.82. The summed E-state index contributed by atoms with van der Waals surface area (Å²) in [6, 6.07) is 2.67. The Morgan fingerprint density at radius 3 is 2.53 bits per heavy atom. The van der Waals surface area contributed by atoms with Crippen molar-refractivity contribution in [2.75, 3.05) is 6.61 Å². The van der Waals surface area contributed by atoms with Crippen molar-refractivity contribution in [3.63, 3.8) is 0 Å². The largest absolute Gasteiger partial charge is 0.489 e. The maximum absolute atomic E-state index is 12.7. The van der Waals surface area contributed by atoms with Crippen LogP contribution in [0.4, 0.5) is 8.78 Å². The van der Waals surface area contributed by atoms with Crippen molar-refractivity contribution in [1.29, 1.82) is 5.53 Å². The highest BCUT2D eigenvalue weighted by Gasteiger charge is 2.09. The molecule has 0 radical (unpaired) electrons. The van der Waals surface area contributed by atoms with Gasteiger partial charge in [-0.05, 0) is 56.2 Å². The van der Waals surface area contributed by atoms with Crippen molar-refractivity contribution < 1.29 is 13.5 Å². The van der Waals surface area contributed by atoms with Crippen LogP contribution in [0, 0.1) is 5.53 Å². The van der Waals surface area contributed by atoms with Crippen molar-refractivity contribution in [2.24, 2.45) is 5.11 Å². The molecule has 0 aliphatic heterocycles. The second-order valence-electron chi connectivity index (χ2n) is 6.86. The molecule has 2 heterocycles. The molecule has 0 spiro atoms. The Hall–Kier alpha value is -3.81. The molecule has 32 heavy (non-hydrogen) atoms. The average molecular weight is 437 g/mol. The number of nitrogens with one attached hydrogen (secondary N) is 1. The predicted octanol–water partition coefficient (Wildman–Crippen LogP) is 6.71. The summed E-state index contributed by atoms with van der Waals surface area (Å²) in [6.07, 6.45) is 13.0. The van der Waals surface area contributed by atoms with Crippen molar-refractivity contribution in [3.8, 4) is 0 Å². The van der Waals surface area contributed by atoms with Crippen LogP contribution in [0.15, 0.2) is 90.3 Å². The van der Waals surface area contributed by atoms with E-state index in [0.717, 1.165) is 23.0 Å². The monoisotopic (exact) mass is 437 g/mol. The first-order valence-corrected chi connectivity index (χ1v) is 9.82. The molecular weight excluding hydrogens is 412 g/mol. The van der Waals surface area contributed by atoms with Gasteiger partial charge in [0.2, 0.25) is 0 Å². The third kappa shape index (κ3) is 7.79. The summed E-state index contributed by atoms with van der Waals surface area (Å²) >= 11 is 0. The van der Waals surface area contributed by atoms with Gasteiger partial charge in [-0.1, -0.05) is 17.7 Å². The average Bonchev–Trinajstić information content (AvgIpc) is 2.79. The molecule has 0 aromatic carbocycles. The van der Waals surface area contributed by atoms with Crippen LogP contribution in [0.25, 0.3) is 11.3 Å². The molecule has 0 unspecified atom stereocenters. The maximum Gasteiger partial charge on any atom is 0.265 e. The Bertz CT molecular complexity index is 1020. The zero-order valence-corrected chi connectivity index (χ0v) is 18.0. The molecule has 1 N–H and O–H groups in total. The number of rotatable bonds is 11. The van der Waals surface area contributed by atoms with Crippen molar-refractivity contribution in [3.05, 3.63) is 102 Å². The van der Waals surface area contributed by atoms with Gasteiger partial charge < -0.3 is 4.74 Å². The number of aromatic nitrogens is 3. The molecule has 0 bridgehead atoms. The van der Waals surface area contributed by atoms with E-state index >= 15 is 0 Å². The van der Waals surface area contributed by atoms with Crippen LogP contribution in [0.5, 0.6) is 0 Å². The molecule has 8 heteroatoms. The van der Waals surface area contributed by atoms with E-state index in [1.165, 1.54) is 12.1 Å². The fourth-order valence-corrected chi connectivity index (χ4v) is 2.59. The van der Waals surface area contributed by atoms with Crippen LogP contribution in [0.3, 0.4) is 0 Å². The summed E-state index contributed by atoms with van der Waals surface area (Å²) in [7, 11) is 0. The zero-order valence-electron chi connectivity index (χ0n) is 18.0. The van der Waals surface area contributed by atoms with Crippen LogP contribution < -0.4 is 0 Å². The number of ether oxygens (including phenoxy) is 1. The number of hydrogen-bond acceptors (Lipinski definition) is 6. The third-order valence-electron chi connectivity index (χ3n) is 4.08. The fourth-order valence-electron chi connectivity index (χ4n) is 2.59. The number of allylic oxidation sites excluding steroid dienone is 6. The van der Waals surface area contributed by atoms with E-state index in [1.807, 2.05) is 32.1 Å². The number of alkyl halides is 2. The minimum absolute atomic E-state index is 0.112. The third-order valence-corrected chi connectivity index (χ3v) is 4.08. The van der Waals surface area contributed by atoms with Gasteiger partial charge in [0.25, 0.3) is 6.43 Å². The van der Waals surface area contributed by atoms with Gasteiger partial charge in [0.05, 0.1) is 17.6 Å². The van der Waals surface area contributed by atoms with Crippen LogP contribution >= 0.6 is 0 Å². The molecule has 166 valence electrons. The molecule has 0 aliphatic carbocycles. The van der Waals surface area contributed by atoms with E-state index in [2.05, 4.69) is 26.6 Å². The Balaban J connectivity index is 2.21. The van der Waals surface area contributed by atoms with Gasteiger partial charge in [-0.15, -0.1) is 6.58 Å². The molecule has 0 aliphatic rings. The van der Waals surface area contributed by atoms with Gasteiger partial charge in [0.15, 0.2) is 0 Å². The predicted molar refractivity (Wildman–Crippen MR) is 121 cm³/mol. The van der Waals surface area contributed by atoms with Gasteiger partial charge >= 0.3 is 0 Å². The molecule has 6 nitrogen and oxygen atoms in total. The Morgan fingerprint density at radius 2 is 1.97 bits per heavy atom. The topological polar surface area (TPSA) is 84.1 Å². The second kappa shape index (κ2) is 12.8. The highest BCUT2D eigenvalue weighted by atomic mass is 19.3. The standard InChI is InChI=1S/C24H25F2N5O/c1-4-5-18(23-16-28-11-12-29-23)6-8-20(14-17(2)3)32-13-10-22(31-27)21-9-7-19(15-30-21)24(25)26/h4,6-12,14-16,24,27H,1,5,13H2,2-3H3/b18-6+,20-8+,22-10+,31-27?. The lowest BCUT2D eigenvalue weighted by molar-refractivity contribution is 0.151. The SMILES string of the molecule is C=CC/C(=C\C=C(/C=C(C)C)OC/C=C(/N=N)c1ccc(C(F)F)cn1)c1cnccn1. The summed E-state index contributed by atoms with van der Waals surface area (Å²) < 4.78 is 31.2. The van der Waals surface area contributed by atoms with Crippen molar-refractivity contribution in [2.45, 2.75) is 26.7 Å². The zero-order chi connectivity index (χ0) is 23.3. The first-order chi connectivity index (χ1) is 15.4. The van der Waals surface area contributed by atoms with Crippen LogP contribution in [-0.2, 0) is 4.74 Å². The van der Waals surface area contributed by atoms with E-state index in [4.69, 9.17) is 10.3 Å². The summed E-state index contributed by atoms with van der Waals surface area (Å²) in [4.78, 5) is 12.4. The number of nitrogens with zero attached hydrogens (tertiary/aromatic N) is 4. The van der Waals surface area contributed by atoms with E-state index in [-0.39, 0.29) is 17.9 Å². The molecule has 2 aromatic heterocycles. The molecule has 0 fully saturated rings. The molecule has 2 rings (SSSR count). The van der Waals surface area contributed by atoms with Gasteiger partial charge in [-0.2, -0.15) is 5.11 Å². The minimum atomic E-state index is -2.60. The number of halogens is 2. The summed E-state index contributed by atoms with van der Waals surface area (Å²) in [6.45, 7) is 7.79. The van der Waals surface area contributed by atoms with Crippen LogP contribution in [0.1, 0.15) is 43.6 Å². The molecule has 0 atom stereocenters. The second-order valence-corrected chi connectivity index (χ2v) is 6.86. The van der Waals surface area contributed by atoms with Crippen molar-refractivity contribution in [1.82, 2.24) is 15.0 Å². The highest BCUT2D eigenvalue weighted by molar-refractivity contribution is 5.65. The molecule has 0 saturated carbocycles. The summed E-state index contributed by atoms with van der Waals surface area (Å²) in [5.74, 6) is 0.594. The lowest BCUT2D eigenvalue weighted by Gasteiger charge is -2.07. The van der Waals surface area contributed by atoms with E-state index < -0.39 is 6.43 Å². The van der Waals surface area contributed by atoms with Gasteiger partial charge in [-0.25, -0.2) is 14.3 Å². The lowest BCUT2D eigenvalue weighted by atomic mass is 10.1. The van der Waals surface area contributed by atoms with Gasteiger partial charge in [0.1, 0.15) is 18.1 Å². The number of hydrogen-bond donors (Lipinski definition) is 1. The molecular formula is C24H25F2N5O. The summed E-state index contributed by atoms with van der Waals surface area (Å²) in [5.41, 5.74) is 10.4. The van der Waals surface area contributed by atoms with Crippen LogP contribution in [0.2, 0.25) is 0 Å².